The second-order valence-corrected chi connectivity index (χ2v) is 6.59. The highest BCUT2D eigenvalue weighted by Gasteiger charge is 2.10. The third-order valence-electron chi connectivity index (χ3n) is 2.77. The van der Waals surface area contributed by atoms with E-state index in [1.807, 2.05) is 30.3 Å². The van der Waals surface area contributed by atoms with Crippen molar-refractivity contribution in [2.24, 2.45) is 0 Å². The van der Waals surface area contributed by atoms with Gasteiger partial charge in [-0.1, -0.05) is 33.6 Å². The van der Waals surface area contributed by atoms with Crippen LogP contribution in [0.1, 0.15) is 0 Å². The molecule has 0 fully saturated rings. The van der Waals surface area contributed by atoms with E-state index in [1.54, 1.807) is 0 Å². The topological polar surface area (TPSA) is 54.7 Å². The average molecular weight is 448 g/mol. The number of hydrogen-bond acceptors (Lipinski definition) is 2. The summed E-state index contributed by atoms with van der Waals surface area (Å²) >= 11 is 11.8. The molecule has 6 heteroatoms. The molecular weight excluding hydrogens is 440 g/mol. The molecule has 0 aliphatic heterocycles. The molecule has 0 unspecified atom stereocenters. The van der Waals surface area contributed by atoms with Crippen LogP contribution >= 0.6 is 50.1 Å². The molecule has 0 bridgehead atoms. The second kappa shape index (κ2) is 4.96. The summed E-state index contributed by atoms with van der Waals surface area (Å²) in [5.41, 5.74) is 9.22. The molecular formula is C13H8BrClIN3. The molecule has 0 radical (unpaired) electrons. The Hall–Kier alpha value is -0.790. The van der Waals surface area contributed by atoms with Crippen LogP contribution in [0.25, 0.3) is 22.4 Å². The lowest BCUT2D eigenvalue weighted by Crippen LogP contribution is -1.86. The van der Waals surface area contributed by atoms with Gasteiger partial charge in [0.1, 0.15) is 11.3 Å². The number of H-pyrrole nitrogens is 1. The number of rotatable bonds is 1. The van der Waals surface area contributed by atoms with Crippen LogP contribution in [0, 0.1) is 3.57 Å². The van der Waals surface area contributed by atoms with Gasteiger partial charge in [0.2, 0.25) is 0 Å². The van der Waals surface area contributed by atoms with Crippen LogP contribution in [-0.2, 0) is 0 Å². The minimum atomic E-state index is 0.642. The van der Waals surface area contributed by atoms with Crippen molar-refractivity contribution in [2.45, 2.75) is 0 Å². The largest absolute Gasteiger partial charge is 0.397 e. The summed E-state index contributed by atoms with van der Waals surface area (Å²) in [7, 11) is 0. The fraction of sp³-hybridized carbons (Fsp3) is 0. The summed E-state index contributed by atoms with van der Waals surface area (Å²) < 4.78 is 1.94. The van der Waals surface area contributed by atoms with Gasteiger partial charge in [-0.05, 0) is 46.9 Å². The number of halogens is 3. The standard InChI is InChI=1S/C13H8BrClIN3/c14-7-4-10(17)12-11(5-7)18-13(19-12)6-1-2-9(16)8(15)3-6/h1-5H,17H2,(H,18,19). The number of anilines is 1. The van der Waals surface area contributed by atoms with E-state index in [2.05, 4.69) is 48.5 Å². The number of nitrogen functional groups attached to an aromatic ring is 1. The first kappa shape index (κ1) is 13.2. The maximum atomic E-state index is 6.14. The molecule has 3 aromatic rings. The zero-order valence-electron chi connectivity index (χ0n) is 9.55. The molecule has 0 amide bonds. The molecule has 1 aromatic heterocycles. The molecule has 1 heterocycles. The van der Waals surface area contributed by atoms with E-state index < -0.39 is 0 Å². The molecule has 3 nitrogen and oxygen atoms in total. The Labute approximate surface area is 136 Å². The first-order valence-electron chi connectivity index (χ1n) is 5.45. The summed E-state index contributed by atoms with van der Waals surface area (Å²) in [6, 6.07) is 9.64. The minimum Gasteiger partial charge on any atom is -0.397 e. The van der Waals surface area contributed by atoms with E-state index in [0.717, 1.165) is 30.5 Å². The van der Waals surface area contributed by atoms with Crippen LogP contribution in [-0.4, -0.2) is 9.97 Å². The van der Waals surface area contributed by atoms with Gasteiger partial charge in [-0.3, -0.25) is 0 Å². The summed E-state index contributed by atoms with van der Waals surface area (Å²) in [4.78, 5) is 7.79. The molecule has 19 heavy (non-hydrogen) atoms. The Bertz CT molecular complexity index is 785. The lowest BCUT2D eigenvalue weighted by molar-refractivity contribution is 1.33. The molecule has 2 aromatic carbocycles. The molecule has 96 valence electrons. The van der Waals surface area contributed by atoms with Crippen molar-refractivity contribution in [3.8, 4) is 11.4 Å². The average Bonchev–Trinajstić information content (AvgIpc) is 2.76. The van der Waals surface area contributed by atoms with Crippen LogP contribution in [0.5, 0.6) is 0 Å². The van der Waals surface area contributed by atoms with E-state index in [1.165, 1.54) is 0 Å². The van der Waals surface area contributed by atoms with Gasteiger partial charge in [0.05, 0.1) is 16.2 Å². The summed E-state index contributed by atoms with van der Waals surface area (Å²) in [5.74, 6) is 0.762. The van der Waals surface area contributed by atoms with Gasteiger partial charge < -0.3 is 10.7 Å². The Morgan fingerprint density at radius 3 is 2.79 bits per heavy atom. The Kier molecular flexibility index (Phi) is 3.44. The number of nitrogens with one attached hydrogen (secondary N) is 1. The first-order chi connectivity index (χ1) is 9.04. The van der Waals surface area contributed by atoms with E-state index in [0.29, 0.717) is 10.7 Å². The normalized spacial score (nSPS) is 11.1. The Morgan fingerprint density at radius 2 is 2.05 bits per heavy atom. The summed E-state index contributed by atoms with van der Waals surface area (Å²) in [5, 5.41) is 0.715. The van der Waals surface area contributed by atoms with Gasteiger partial charge in [-0.2, -0.15) is 0 Å². The Balaban J connectivity index is 2.20. The molecule has 0 aliphatic carbocycles. The monoisotopic (exact) mass is 447 g/mol. The molecule has 3 N–H and O–H groups in total. The van der Waals surface area contributed by atoms with Crippen molar-refractivity contribution in [2.75, 3.05) is 5.73 Å². The van der Waals surface area contributed by atoms with Gasteiger partial charge >= 0.3 is 0 Å². The molecule has 0 spiro atoms. The predicted molar refractivity (Wildman–Crippen MR) is 91.4 cm³/mol. The maximum Gasteiger partial charge on any atom is 0.138 e. The third-order valence-corrected chi connectivity index (χ3v) is 4.80. The number of hydrogen-bond donors (Lipinski definition) is 2. The second-order valence-electron chi connectivity index (χ2n) is 4.11. The molecule has 3 rings (SSSR count). The number of aromatic nitrogens is 2. The van der Waals surface area contributed by atoms with Crippen molar-refractivity contribution >= 4 is 66.8 Å². The van der Waals surface area contributed by atoms with Gasteiger partial charge in [-0.25, -0.2) is 4.98 Å². The van der Waals surface area contributed by atoms with Crippen molar-refractivity contribution in [3.63, 3.8) is 0 Å². The number of nitrogens with two attached hydrogens (primary N) is 1. The zero-order chi connectivity index (χ0) is 13.6. The Morgan fingerprint density at radius 1 is 1.26 bits per heavy atom. The lowest BCUT2D eigenvalue weighted by atomic mass is 10.2. The van der Waals surface area contributed by atoms with Crippen molar-refractivity contribution < 1.29 is 0 Å². The highest BCUT2D eigenvalue weighted by Crippen LogP contribution is 2.29. The lowest BCUT2D eigenvalue weighted by Gasteiger charge is -1.99. The number of benzene rings is 2. The SMILES string of the molecule is Nc1cc(Br)cc2[nH]c(-c3ccc(I)c(Cl)c3)nc12. The highest BCUT2D eigenvalue weighted by molar-refractivity contribution is 14.1. The van der Waals surface area contributed by atoms with Gasteiger partial charge in [0, 0.05) is 13.6 Å². The molecule has 0 saturated carbocycles. The highest BCUT2D eigenvalue weighted by atomic mass is 127. The first-order valence-corrected chi connectivity index (χ1v) is 7.70. The van der Waals surface area contributed by atoms with Crippen molar-refractivity contribution in [1.29, 1.82) is 0 Å². The maximum absolute atomic E-state index is 6.14. The number of aromatic amines is 1. The fourth-order valence-electron chi connectivity index (χ4n) is 1.89. The van der Waals surface area contributed by atoms with Crippen molar-refractivity contribution in [1.82, 2.24) is 9.97 Å². The summed E-state index contributed by atoms with van der Waals surface area (Å²) in [6.45, 7) is 0. The van der Waals surface area contributed by atoms with E-state index in [9.17, 15) is 0 Å². The number of fused-ring (bicyclic) bond motifs is 1. The quantitative estimate of drug-likeness (QED) is 0.414. The van der Waals surface area contributed by atoms with Crippen LogP contribution < -0.4 is 5.73 Å². The summed E-state index contributed by atoms with van der Waals surface area (Å²) in [6.07, 6.45) is 0. The van der Waals surface area contributed by atoms with Crippen LogP contribution in [0.3, 0.4) is 0 Å². The van der Waals surface area contributed by atoms with E-state index in [4.69, 9.17) is 17.3 Å². The molecule has 0 aliphatic rings. The fourth-order valence-corrected chi connectivity index (χ4v) is 2.88. The minimum absolute atomic E-state index is 0.642. The van der Waals surface area contributed by atoms with Gasteiger partial charge in [-0.15, -0.1) is 0 Å². The van der Waals surface area contributed by atoms with Gasteiger partial charge in [0.15, 0.2) is 0 Å². The number of nitrogens with zero attached hydrogens (tertiary/aromatic N) is 1. The predicted octanol–water partition coefficient (Wildman–Crippen LogP) is 4.83. The van der Waals surface area contributed by atoms with Gasteiger partial charge in [0.25, 0.3) is 0 Å². The van der Waals surface area contributed by atoms with Crippen LogP contribution in [0.2, 0.25) is 5.02 Å². The van der Waals surface area contributed by atoms with E-state index >= 15 is 0 Å². The van der Waals surface area contributed by atoms with Crippen LogP contribution in [0.15, 0.2) is 34.8 Å². The molecule has 0 saturated heterocycles. The zero-order valence-corrected chi connectivity index (χ0v) is 14.0. The smallest absolute Gasteiger partial charge is 0.138 e. The van der Waals surface area contributed by atoms with Crippen molar-refractivity contribution in [3.05, 3.63) is 43.4 Å². The van der Waals surface area contributed by atoms with E-state index in [-0.39, 0.29) is 0 Å². The third kappa shape index (κ3) is 2.46. The molecule has 0 atom stereocenters. The number of imidazole rings is 1. The van der Waals surface area contributed by atoms with Crippen LogP contribution in [0.4, 0.5) is 5.69 Å².